The standard InChI is InChI=1S/C22H33N5O2.2ClH/c1-25-15-17(23)14-19(25)21(29)26-12-8-22(9-13-26)7-5-20(28)27(16-22)11-6-18-4-2-3-10-24-18;;/h2-4,10,17,19H,5-9,11-16,23H2,1H3;2*1H/t17-,19-;;/m0../s1. The number of hydrogen-bond donors (Lipinski definition) is 1. The highest BCUT2D eigenvalue weighted by Crippen LogP contribution is 2.40. The first kappa shape index (κ1) is 25.8. The maximum absolute atomic E-state index is 13.0. The van der Waals surface area contributed by atoms with E-state index in [1.165, 1.54) is 0 Å². The van der Waals surface area contributed by atoms with Gasteiger partial charge in [-0.25, -0.2) is 0 Å². The lowest BCUT2D eigenvalue weighted by Crippen LogP contribution is -2.54. The molecule has 1 aromatic heterocycles. The number of amides is 2. The van der Waals surface area contributed by atoms with E-state index in [2.05, 4.69) is 9.88 Å². The molecule has 1 spiro atoms. The molecule has 0 unspecified atom stereocenters. The lowest BCUT2D eigenvalue weighted by Gasteiger charge is -2.48. The molecule has 3 aliphatic rings. The summed E-state index contributed by atoms with van der Waals surface area (Å²) in [6.45, 7) is 3.92. The van der Waals surface area contributed by atoms with Gasteiger partial charge in [0.2, 0.25) is 11.8 Å². The Bertz CT molecular complexity index is 743. The third kappa shape index (κ3) is 5.89. The van der Waals surface area contributed by atoms with Crippen LogP contribution in [0.5, 0.6) is 0 Å². The van der Waals surface area contributed by atoms with E-state index in [0.29, 0.717) is 6.42 Å². The normalized spacial score (nSPS) is 25.8. The number of carbonyl (C=O) groups excluding carboxylic acids is 2. The molecule has 4 heterocycles. The van der Waals surface area contributed by atoms with Crippen LogP contribution in [0.4, 0.5) is 0 Å². The van der Waals surface area contributed by atoms with Crippen molar-refractivity contribution in [3.8, 4) is 0 Å². The first-order valence-corrected chi connectivity index (χ1v) is 10.9. The first-order chi connectivity index (χ1) is 14.0. The van der Waals surface area contributed by atoms with Crippen LogP contribution in [-0.4, -0.2) is 83.4 Å². The van der Waals surface area contributed by atoms with Crippen LogP contribution < -0.4 is 5.73 Å². The monoisotopic (exact) mass is 471 g/mol. The van der Waals surface area contributed by atoms with E-state index in [-0.39, 0.29) is 54.1 Å². The summed E-state index contributed by atoms with van der Waals surface area (Å²) in [5.41, 5.74) is 7.23. The predicted molar refractivity (Wildman–Crippen MR) is 126 cm³/mol. The quantitative estimate of drug-likeness (QED) is 0.722. The minimum absolute atomic E-state index is 0. The molecule has 3 fully saturated rings. The Balaban J connectivity index is 0.00000171. The summed E-state index contributed by atoms with van der Waals surface area (Å²) >= 11 is 0. The van der Waals surface area contributed by atoms with Crippen LogP contribution in [-0.2, 0) is 16.0 Å². The second kappa shape index (κ2) is 10.9. The molecule has 4 rings (SSSR count). The summed E-state index contributed by atoms with van der Waals surface area (Å²) in [4.78, 5) is 36.0. The molecule has 0 saturated carbocycles. The van der Waals surface area contributed by atoms with Gasteiger partial charge in [-0.05, 0) is 50.3 Å². The highest BCUT2D eigenvalue weighted by molar-refractivity contribution is 5.85. The second-order valence-corrected chi connectivity index (χ2v) is 9.16. The minimum atomic E-state index is -0.0677. The van der Waals surface area contributed by atoms with Gasteiger partial charge in [0, 0.05) is 63.5 Å². The molecular formula is C22H35Cl2N5O2. The molecule has 0 aliphatic carbocycles. The maximum Gasteiger partial charge on any atom is 0.239 e. The van der Waals surface area contributed by atoms with Crippen LogP contribution >= 0.6 is 24.8 Å². The molecule has 31 heavy (non-hydrogen) atoms. The number of piperidine rings is 2. The van der Waals surface area contributed by atoms with E-state index in [9.17, 15) is 9.59 Å². The van der Waals surface area contributed by atoms with Crippen LogP contribution in [0.25, 0.3) is 0 Å². The SMILES string of the molecule is CN1C[C@@H](N)C[C@H]1C(=O)N1CCC2(CCC(=O)N(CCc3ccccn3)C2)CC1.Cl.Cl. The topological polar surface area (TPSA) is 82.8 Å². The van der Waals surface area contributed by atoms with Crippen molar-refractivity contribution in [2.45, 2.75) is 50.6 Å². The van der Waals surface area contributed by atoms with E-state index in [1.54, 1.807) is 6.20 Å². The zero-order chi connectivity index (χ0) is 20.4. The fourth-order valence-electron chi connectivity index (χ4n) is 5.25. The van der Waals surface area contributed by atoms with Crippen molar-refractivity contribution in [1.29, 1.82) is 0 Å². The summed E-state index contributed by atoms with van der Waals surface area (Å²) in [6.07, 6.45) is 6.88. The minimum Gasteiger partial charge on any atom is -0.342 e. The van der Waals surface area contributed by atoms with Crippen molar-refractivity contribution >= 4 is 36.6 Å². The maximum atomic E-state index is 13.0. The van der Waals surface area contributed by atoms with E-state index in [4.69, 9.17) is 5.73 Å². The number of pyridine rings is 1. The fourth-order valence-corrected chi connectivity index (χ4v) is 5.25. The average molecular weight is 472 g/mol. The van der Waals surface area contributed by atoms with Crippen LogP contribution in [0, 0.1) is 5.41 Å². The molecule has 2 atom stereocenters. The smallest absolute Gasteiger partial charge is 0.239 e. The molecule has 0 radical (unpaired) electrons. The first-order valence-electron chi connectivity index (χ1n) is 10.9. The Morgan fingerprint density at radius 3 is 2.58 bits per heavy atom. The highest BCUT2D eigenvalue weighted by atomic mass is 35.5. The van der Waals surface area contributed by atoms with Gasteiger partial charge >= 0.3 is 0 Å². The molecule has 9 heteroatoms. The molecular weight excluding hydrogens is 437 g/mol. The molecule has 0 aromatic carbocycles. The van der Waals surface area contributed by atoms with Crippen LogP contribution in [0.2, 0.25) is 0 Å². The largest absolute Gasteiger partial charge is 0.342 e. The summed E-state index contributed by atoms with van der Waals surface area (Å²) in [5.74, 6) is 0.487. The van der Waals surface area contributed by atoms with E-state index >= 15 is 0 Å². The number of nitrogens with zero attached hydrogens (tertiary/aromatic N) is 4. The lowest BCUT2D eigenvalue weighted by atomic mass is 9.72. The van der Waals surface area contributed by atoms with Gasteiger partial charge < -0.3 is 15.5 Å². The Morgan fingerprint density at radius 1 is 1.23 bits per heavy atom. The molecule has 3 aliphatic heterocycles. The highest BCUT2D eigenvalue weighted by Gasteiger charge is 2.43. The summed E-state index contributed by atoms with van der Waals surface area (Å²) in [7, 11) is 1.99. The van der Waals surface area contributed by atoms with E-state index < -0.39 is 0 Å². The zero-order valence-electron chi connectivity index (χ0n) is 18.2. The van der Waals surface area contributed by atoms with Crippen LogP contribution in [0.15, 0.2) is 24.4 Å². The van der Waals surface area contributed by atoms with Crippen molar-refractivity contribution < 1.29 is 9.59 Å². The summed E-state index contributed by atoms with van der Waals surface area (Å²) in [6, 6.07) is 5.95. The molecule has 2 N–H and O–H groups in total. The van der Waals surface area contributed by atoms with Crippen molar-refractivity contribution in [2.75, 3.05) is 39.8 Å². The molecule has 2 amide bonds. The summed E-state index contributed by atoms with van der Waals surface area (Å²) < 4.78 is 0. The second-order valence-electron chi connectivity index (χ2n) is 9.16. The molecule has 1 aromatic rings. The lowest BCUT2D eigenvalue weighted by molar-refractivity contribution is -0.144. The van der Waals surface area contributed by atoms with E-state index in [0.717, 1.165) is 70.5 Å². The fraction of sp³-hybridized carbons (Fsp3) is 0.682. The van der Waals surface area contributed by atoms with Crippen LogP contribution in [0.3, 0.4) is 0 Å². The third-order valence-electron chi connectivity index (χ3n) is 7.11. The van der Waals surface area contributed by atoms with Gasteiger partial charge in [0.15, 0.2) is 0 Å². The van der Waals surface area contributed by atoms with Gasteiger partial charge in [0.25, 0.3) is 0 Å². The van der Waals surface area contributed by atoms with Gasteiger partial charge in [-0.1, -0.05) is 6.07 Å². The summed E-state index contributed by atoms with van der Waals surface area (Å²) in [5, 5.41) is 0. The van der Waals surface area contributed by atoms with Gasteiger partial charge in [0.05, 0.1) is 6.04 Å². The van der Waals surface area contributed by atoms with Gasteiger partial charge in [0.1, 0.15) is 0 Å². The number of carbonyl (C=O) groups is 2. The number of likely N-dealkylation sites (N-methyl/N-ethyl adjacent to an activating group) is 1. The average Bonchev–Trinajstić information content (AvgIpc) is 3.08. The van der Waals surface area contributed by atoms with Crippen LogP contribution in [0.1, 0.15) is 37.8 Å². The number of rotatable bonds is 4. The number of aromatic nitrogens is 1. The van der Waals surface area contributed by atoms with Crippen molar-refractivity contribution in [3.63, 3.8) is 0 Å². The van der Waals surface area contributed by atoms with Crippen molar-refractivity contribution in [1.82, 2.24) is 19.7 Å². The van der Waals surface area contributed by atoms with Crippen molar-refractivity contribution in [3.05, 3.63) is 30.1 Å². The molecule has 174 valence electrons. The van der Waals surface area contributed by atoms with Gasteiger partial charge in [-0.2, -0.15) is 0 Å². The predicted octanol–water partition coefficient (Wildman–Crippen LogP) is 1.73. The number of nitrogens with two attached hydrogens (primary N) is 1. The Kier molecular flexibility index (Phi) is 9.13. The zero-order valence-corrected chi connectivity index (χ0v) is 19.9. The number of halogens is 2. The number of hydrogen-bond acceptors (Lipinski definition) is 5. The molecule has 3 saturated heterocycles. The number of likely N-dealkylation sites (tertiary alicyclic amines) is 3. The molecule has 0 bridgehead atoms. The van der Waals surface area contributed by atoms with Gasteiger partial charge in [-0.15, -0.1) is 24.8 Å². The Morgan fingerprint density at radius 2 is 1.97 bits per heavy atom. The Hall–Kier alpha value is -1.41. The third-order valence-corrected chi connectivity index (χ3v) is 7.11. The molecule has 7 nitrogen and oxygen atoms in total. The van der Waals surface area contributed by atoms with E-state index in [1.807, 2.05) is 35.0 Å². The van der Waals surface area contributed by atoms with Gasteiger partial charge in [-0.3, -0.25) is 19.5 Å². The Labute approximate surface area is 197 Å². The van der Waals surface area contributed by atoms with Crippen molar-refractivity contribution in [2.24, 2.45) is 11.1 Å².